The minimum Gasteiger partial charge on any atom is -0.335 e. The van der Waals surface area contributed by atoms with Gasteiger partial charge in [-0.25, -0.2) is 4.98 Å². The molecule has 2 heterocycles. The average Bonchev–Trinajstić information content (AvgIpc) is 3.15. The number of aryl methyl sites for hydroxylation is 1. The largest absolute Gasteiger partial charge is 0.417 e. The van der Waals surface area contributed by atoms with Crippen LogP contribution in [0.2, 0.25) is 5.02 Å². The van der Waals surface area contributed by atoms with Crippen LogP contribution in [0.4, 0.5) is 24.5 Å². The normalized spacial score (nSPS) is 11.5. The van der Waals surface area contributed by atoms with E-state index in [0.717, 1.165) is 6.07 Å². The van der Waals surface area contributed by atoms with E-state index >= 15 is 0 Å². The lowest BCUT2D eigenvalue weighted by atomic mass is 10.0. The molecule has 4 rings (SSSR count). The number of aromatic nitrogens is 2. The molecule has 0 bridgehead atoms. The van der Waals surface area contributed by atoms with Crippen molar-refractivity contribution < 1.29 is 27.3 Å². The highest BCUT2D eigenvalue weighted by Gasteiger charge is 2.34. The molecular formula is C23H16ClF3N4O3. The second kappa shape index (κ2) is 8.79. The number of halogens is 4. The van der Waals surface area contributed by atoms with Gasteiger partial charge in [0.25, 0.3) is 11.6 Å². The van der Waals surface area contributed by atoms with Gasteiger partial charge in [0.05, 0.1) is 38.6 Å². The van der Waals surface area contributed by atoms with Crippen LogP contribution in [-0.2, 0) is 11.0 Å². The second-order valence-corrected chi connectivity index (χ2v) is 7.78. The predicted octanol–water partition coefficient (Wildman–Crippen LogP) is 6.08. The summed E-state index contributed by atoms with van der Waals surface area (Å²) in [5.74, 6) is -0.991. The van der Waals surface area contributed by atoms with Gasteiger partial charge in [-0.05, 0) is 37.3 Å². The topological polar surface area (TPSA) is 97.1 Å². The smallest absolute Gasteiger partial charge is 0.335 e. The molecule has 0 aliphatic rings. The number of amides is 2. The maximum Gasteiger partial charge on any atom is 0.417 e. The van der Waals surface area contributed by atoms with Gasteiger partial charge in [0, 0.05) is 18.2 Å². The Kier molecular flexibility index (Phi) is 6.01. The van der Waals surface area contributed by atoms with Crippen LogP contribution >= 0.6 is 11.6 Å². The van der Waals surface area contributed by atoms with E-state index in [4.69, 9.17) is 16.1 Å². The molecule has 0 saturated heterocycles. The number of fused-ring (bicyclic) bond motifs is 1. The minimum atomic E-state index is -4.63. The molecule has 11 heteroatoms. The number of benzene rings is 2. The fourth-order valence-corrected chi connectivity index (χ4v) is 3.62. The van der Waals surface area contributed by atoms with Gasteiger partial charge in [-0.1, -0.05) is 35.0 Å². The lowest BCUT2D eigenvalue weighted by Gasteiger charge is -2.14. The third kappa shape index (κ3) is 4.58. The summed E-state index contributed by atoms with van der Waals surface area (Å²) in [4.78, 5) is 28.8. The van der Waals surface area contributed by atoms with Crippen molar-refractivity contribution in [3.05, 3.63) is 70.4 Å². The van der Waals surface area contributed by atoms with Crippen molar-refractivity contribution in [2.75, 3.05) is 10.6 Å². The molecule has 2 aromatic heterocycles. The van der Waals surface area contributed by atoms with Crippen molar-refractivity contribution in [3.8, 4) is 11.3 Å². The molecule has 0 unspecified atom stereocenters. The number of nitrogens with zero attached hydrogens (tertiary/aromatic N) is 2. The van der Waals surface area contributed by atoms with E-state index in [9.17, 15) is 22.8 Å². The molecule has 0 saturated carbocycles. The Hall–Kier alpha value is -3.92. The summed E-state index contributed by atoms with van der Waals surface area (Å²) in [6, 6.07) is 10.6. The minimum absolute atomic E-state index is 0.00303. The van der Waals surface area contributed by atoms with E-state index in [1.807, 2.05) is 0 Å². The lowest BCUT2D eigenvalue weighted by Crippen LogP contribution is -2.14. The first kappa shape index (κ1) is 23.2. The summed E-state index contributed by atoms with van der Waals surface area (Å²) in [5.41, 5.74) is -0.406. The van der Waals surface area contributed by atoms with E-state index in [0.29, 0.717) is 11.4 Å². The Bertz CT molecular complexity index is 1430. The van der Waals surface area contributed by atoms with Crippen molar-refractivity contribution >= 4 is 45.9 Å². The highest BCUT2D eigenvalue weighted by atomic mass is 35.5. The number of hydrogen-bond donors (Lipinski definition) is 2. The van der Waals surface area contributed by atoms with Crippen molar-refractivity contribution in [3.63, 3.8) is 0 Å². The molecule has 174 valence electrons. The third-order valence-electron chi connectivity index (χ3n) is 4.91. The highest BCUT2D eigenvalue weighted by Crippen LogP contribution is 2.38. The zero-order valence-corrected chi connectivity index (χ0v) is 18.5. The fraction of sp³-hybridized carbons (Fsp3) is 0.130. The fourth-order valence-electron chi connectivity index (χ4n) is 3.46. The number of alkyl halides is 3. The lowest BCUT2D eigenvalue weighted by molar-refractivity contribution is -0.137. The van der Waals surface area contributed by atoms with Crippen LogP contribution in [0.25, 0.3) is 22.4 Å². The number of rotatable bonds is 4. The van der Waals surface area contributed by atoms with Crippen LogP contribution in [0, 0.1) is 6.92 Å². The van der Waals surface area contributed by atoms with Crippen molar-refractivity contribution in [2.24, 2.45) is 0 Å². The summed E-state index contributed by atoms with van der Waals surface area (Å²) >= 11 is 6.20. The van der Waals surface area contributed by atoms with Crippen molar-refractivity contribution in [1.82, 2.24) is 10.1 Å². The number of carbonyl (C=O) groups is 2. The molecule has 7 nitrogen and oxygen atoms in total. The summed E-state index contributed by atoms with van der Waals surface area (Å²) < 4.78 is 45.9. The van der Waals surface area contributed by atoms with Crippen LogP contribution < -0.4 is 10.6 Å². The van der Waals surface area contributed by atoms with Gasteiger partial charge in [0.1, 0.15) is 0 Å². The number of pyridine rings is 1. The summed E-state index contributed by atoms with van der Waals surface area (Å²) in [6.07, 6.45) is -4.63. The number of anilines is 2. The van der Waals surface area contributed by atoms with Crippen LogP contribution in [0.3, 0.4) is 0 Å². The molecular weight excluding hydrogens is 473 g/mol. The van der Waals surface area contributed by atoms with E-state index in [1.165, 1.54) is 43.3 Å². The number of nitrogens with one attached hydrogen (secondary N) is 2. The Labute approximate surface area is 195 Å². The van der Waals surface area contributed by atoms with Crippen molar-refractivity contribution in [2.45, 2.75) is 20.0 Å². The first-order valence-electron chi connectivity index (χ1n) is 9.86. The monoisotopic (exact) mass is 488 g/mol. The van der Waals surface area contributed by atoms with Crippen LogP contribution in [-0.4, -0.2) is 22.0 Å². The number of carbonyl (C=O) groups excluding carboxylic acids is 2. The predicted molar refractivity (Wildman–Crippen MR) is 121 cm³/mol. The Balaban J connectivity index is 1.82. The first-order valence-corrected chi connectivity index (χ1v) is 10.2. The van der Waals surface area contributed by atoms with E-state index in [-0.39, 0.29) is 44.5 Å². The van der Waals surface area contributed by atoms with Gasteiger partial charge in [0.15, 0.2) is 0 Å². The van der Waals surface area contributed by atoms with Gasteiger partial charge in [0.2, 0.25) is 5.91 Å². The zero-order chi connectivity index (χ0) is 24.6. The average molecular weight is 489 g/mol. The highest BCUT2D eigenvalue weighted by molar-refractivity contribution is 6.34. The Morgan fingerprint density at radius 1 is 1.06 bits per heavy atom. The molecule has 0 spiro atoms. The maximum absolute atomic E-state index is 13.6. The molecule has 0 fully saturated rings. The summed E-state index contributed by atoms with van der Waals surface area (Å²) in [7, 11) is 0. The number of hydrogen-bond acceptors (Lipinski definition) is 5. The molecule has 0 radical (unpaired) electrons. The van der Waals surface area contributed by atoms with Crippen molar-refractivity contribution in [1.29, 1.82) is 0 Å². The van der Waals surface area contributed by atoms with Gasteiger partial charge in [-0.2, -0.15) is 13.2 Å². The van der Waals surface area contributed by atoms with Crippen LogP contribution in [0.15, 0.2) is 53.1 Å². The third-order valence-corrected chi connectivity index (χ3v) is 5.23. The summed E-state index contributed by atoms with van der Waals surface area (Å²) in [6.45, 7) is 2.91. The summed E-state index contributed by atoms with van der Waals surface area (Å²) in [5, 5.41) is 9.46. The molecule has 4 aromatic rings. The van der Waals surface area contributed by atoms with Gasteiger partial charge in [-0.15, -0.1) is 0 Å². The van der Waals surface area contributed by atoms with Gasteiger partial charge in [-0.3, -0.25) is 9.59 Å². The van der Waals surface area contributed by atoms with E-state index in [2.05, 4.69) is 20.8 Å². The molecule has 0 aliphatic carbocycles. The Morgan fingerprint density at radius 2 is 1.79 bits per heavy atom. The first-order chi connectivity index (χ1) is 16.0. The Morgan fingerprint density at radius 3 is 2.50 bits per heavy atom. The standard InChI is InChI=1S/C23H16ClF3N4O3/c1-11-20-15(21(33)29-19-9-13(28-12(2)32)7-8-17(19)24)10-18(30-22(20)34-31-11)14-5-3-4-6-16(14)23(25,26)27/h3-10H,1-2H3,(H,28,32)(H,29,33). The van der Waals surface area contributed by atoms with Crippen LogP contribution in [0.1, 0.15) is 28.5 Å². The second-order valence-electron chi connectivity index (χ2n) is 7.38. The molecule has 2 aromatic carbocycles. The maximum atomic E-state index is 13.6. The van der Waals surface area contributed by atoms with Crippen LogP contribution in [0.5, 0.6) is 0 Å². The molecule has 2 N–H and O–H groups in total. The SMILES string of the molecule is CC(=O)Nc1ccc(Cl)c(NC(=O)c2cc(-c3ccccc3C(F)(F)F)nc3onc(C)c23)c1. The van der Waals surface area contributed by atoms with E-state index in [1.54, 1.807) is 13.0 Å². The zero-order valence-electron chi connectivity index (χ0n) is 17.7. The van der Waals surface area contributed by atoms with Gasteiger partial charge < -0.3 is 15.2 Å². The molecule has 0 atom stereocenters. The van der Waals surface area contributed by atoms with Gasteiger partial charge >= 0.3 is 6.18 Å². The molecule has 0 aliphatic heterocycles. The molecule has 2 amide bonds. The quantitative estimate of drug-likeness (QED) is 0.363. The molecule has 34 heavy (non-hydrogen) atoms. The van der Waals surface area contributed by atoms with E-state index < -0.39 is 17.6 Å².